The van der Waals surface area contributed by atoms with E-state index < -0.39 is 8.07 Å². The summed E-state index contributed by atoms with van der Waals surface area (Å²) in [6, 6.07) is 82.2. The summed E-state index contributed by atoms with van der Waals surface area (Å²) in [5, 5.41) is 14.9. The van der Waals surface area contributed by atoms with Crippen LogP contribution in [-0.2, 0) is 0 Å². The van der Waals surface area contributed by atoms with Gasteiger partial charge in [-0.2, -0.15) is 0 Å². The lowest BCUT2D eigenvalue weighted by Gasteiger charge is -2.35. The van der Waals surface area contributed by atoms with Gasteiger partial charge >= 0.3 is 0 Å². The molecule has 0 unspecified atom stereocenters. The van der Waals surface area contributed by atoms with Gasteiger partial charge in [0.05, 0.1) is 11.1 Å². The van der Waals surface area contributed by atoms with Crippen molar-refractivity contribution < 1.29 is 4.42 Å². The monoisotopic (exact) mass is 743 g/mol. The largest absolute Gasteiger partial charge is 0.455 e. The van der Waals surface area contributed by atoms with Crippen LogP contribution in [0.3, 0.4) is 0 Å². The average molecular weight is 744 g/mol. The molecule has 0 aliphatic carbocycles. The molecule has 0 radical (unpaired) electrons. The van der Waals surface area contributed by atoms with Crippen LogP contribution >= 0.6 is 0 Å². The molecule has 0 saturated heterocycles. The van der Waals surface area contributed by atoms with Crippen molar-refractivity contribution in [1.29, 1.82) is 0 Å². The Morgan fingerprint density at radius 3 is 1.49 bits per heavy atom. The summed E-state index contributed by atoms with van der Waals surface area (Å²) in [6.45, 7) is 0. The van der Waals surface area contributed by atoms with E-state index in [2.05, 4.69) is 229 Å². The van der Waals surface area contributed by atoms with Crippen LogP contribution in [0, 0.1) is 0 Å². The zero-order chi connectivity index (χ0) is 37.8. The summed E-state index contributed by atoms with van der Waals surface area (Å²) >= 11 is 0. The molecule has 0 aliphatic heterocycles. The first-order valence-electron chi connectivity index (χ1n) is 19.6. The Kier molecular flexibility index (Phi) is 7.87. The molecule has 57 heavy (non-hydrogen) atoms. The normalized spacial score (nSPS) is 11.9. The summed E-state index contributed by atoms with van der Waals surface area (Å²) in [5.41, 5.74) is 5.03. The first-order valence-corrected chi connectivity index (χ1v) is 21.6. The first-order chi connectivity index (χ1) is 28.3. The van der Waals surface area contributed by atoms with E-state index in [0.717, 1.165) is 44.4 Å². The van der Waals surface area contributed by atoms with E-state index in [1.165, 1.54) is 47.7 Å². The number of hydrogen-bond acceptors (Lipinski definition) is 2. The predicted molar refractivity (Wildman–Crippen MR) is 245 cm³/mol. The van der Waals surface area contributed by atoms with Crippen molar-refractivity contribution in [2.24, 2.45) is 0 Å². The molecule has 1 heterocycles. The Morgan fingerprint density at radius 1 is 0.333 bits per heavy atom. The van der Waals surface area contributed by atoms with E-state index in [1.54, 1.807) is 0 Å². The lowest BCUT2D eigenvalue weighted by atomic mass is 10.0. The van der Waals surface area contributed by atoms with Crippen molar-refractivity contribution in [3.8, 4) is 0 Å². The minimum absolute atomic E-state index is 0.871. The number of fused-ring (bicyclic) bond motifs is 8. The van der Waals surface area contributed by atoms with Gasteiger partial charge in [-0.25, -0.2) is 0 Å². The smallest absolute Gasteiger partial charge is 0.179 e. The Balaban J connectivity index is 1.16. The molecule has 0 spiro atoms. The van der Waals surface area contributed by atoms with Gasteiger partial charge < -0.3 is 9.32 Å². The lowest BCUT2D eigenvalue weighted by molar-refractivity contribution is 0.672. The van der Waals surface area contributed by atoms with Crippen LogP contribution in [-0.4, -0.2) is 8.07 Å². The van der Waals surface area contributed by atoms with Crippen LogP contribution in [0.1, 0.15) is 0 Å². The van der Waals surface area contributed by atoms with Gasteiger partial charge in [0.25, 0.3) is 0 Å². The number of nitrogens with zero attached hydrogens (tertiary/aromatic N) is 1. The van der Waals surface area contributed by atoms with Gasteiger partial charge in [-0.15, -0.1) is 0 Å². The zero-order valence-corrected chi connectivity index (χ0v) is 32.2. The number of rotatable bonds is 7. The molecule has 2 nitrogen and oxygen atoms in total. The first kappa shape index (κ1) is 33.2. The second-order valence-electron chi connectivity index (χ2n) is 14.8. The summed E-state index contributed by atoms with van der Waals surface area (Å²) in [7, 11) is -2.71. The molecule has 11 rings (SSSR count). The Labute approximate surface area is 332 Å². The molecule has 0 N–H and O–H groups in total. The molecule has 1 aromatic heterocycles. The highest BCUT2D eigenvalue weighted by molar-refractivity contribution is 7.19. The third-order valence-corrected chi connectivity index (χ3v) is 16.6. The van der Waals surface area contributed by atoms with Crippen molar-refractivity contribution in [3.63, 3.8) is 0 Å². The van der Waals surface area contributed by atoms with E-state index in [0.29, 0.717) is 0 Å². The molecule has 268 valence electrons. The lowest BCUT2D eigenvalue weighted by Crippen LogP contribution is -2.74. The Hall–Kier alpha value is -7.20. The van der Waals surface area contributed by atoms with Crippen molar-refractivity contribution in [1.82, 2.24) is 0 Å². The molecule has 0 saturated carbocycles. The van der Waals surface area contributed by atoms with Gasteiger partial charge in [-0.05, 0) is 90.1 Å². The topological polar surface area (TPSA) is 16.4 Å². The van der Waals surface area contributed by atoms with Gasteiger partial charge in [0.2, 0.25) is 0 Å². The maximum atomic E-state index is 6.74. The molecular formula is C54H37NOSi. The van der Waals surface area contributed by atoms with Crippen LogP contribution < -0.4 is 25.6 Å². The van der Waals surface area contributed by atoms with E-state index in [-0.39, 0.29) is 0 Å². The van der Waals surface area contributed by atoms with Crippen LogP contribution in [0.25, 0.3) is 54.3 Å². The second-order valence-corrected chi connectivity index (χ2v) is 18.6. The van der Waals surface area contributed by atoms with Gasteiger partial charge in [-0.1, -0.05) is 182 Å². The quantitative estimate of drug-likeness (QED) is 0.0918. The molecule has 0 atom stereocenters. The summed E-state index contributed by atoms with van der Waals surface area (Å²) in [6.07, 6.45) is 0. The molecule has 0 amide bonds. The van der Waals surface area contributed by atoms with E-state index in [1.807, 2.05) is 0 Å². The van der Waals surface area contributed by atoms with Gasteiger partial charge in [0.15, 0.2) is 8.07 Å². The number of furan rings is 1. The molecule has 11 aromatic rings. The third-order valence-electron chi connectivity index (χ3n) is 11.8. The SMILES string of the molecule is c1ccc([Si](c2ccccc2)(c2ccccc2)c2ccc(N(c3ccc4c(ccc5ccccc54)c3)c3cccc4oc5c6ccccc6ccc5c34)cc2)cc1. The average Bonchev–Trinajstić information content (AvgIpc) is 3.68. The summed E-state index contributed by atoms with van der Waals surface area (Å²) in [4.78, 5) is 2.42. The third kappa shape index (κ3) is 5.31. The zero-order valence-electron chi connectivity index (χ0n) is 31.2. The maximum absolute atomic E-state index is 6.74. The highest BCUT2D eigenvalue weighted by Gasteiger charge is 2.41. The summed E-state index contributed by atoms with van der Waals surface area (Å²) in [5.74, 6) is 0. The standard InChI is InChI=1S/C54H37NOSi/c1-4-17-43(18-5-1)57(44-19-6-2-7-20-44,45-21-8-3-9-22-45)46-33-30-41(31-34-46)55(42-32-36-48-40(37-42)28-27-38-15-10-12-23-47(38)48)51-25-14-26-52-53(51)50-35-29-39-16-11-13-24-49(39)54(50)56-52/h1-37H. The molecular weight excluding hydrogens is 707 g/mol. The van der Waals surface area contributed by atoms with Crippen molar-refractivity contribution >= 4 is 100 Å². The highest BCUT2D eigenvalue weighted by atomic mass is 28.3. The van der Waals surface area contributed by atoms with Gasteiger partial charge in [-0.3, -0.25) is 0 Å². The minimum Gasteiger partial charge on any atom is -0.455 e. The highest BCUT2D eigenvalue weighted by Crippen LogP contribution is 2.45. The second kappa shape index (κ2) is 13.5. The molecule has 10 aromatic carbocycles. The Morgan fingerprint density at radius 2 is 0.825 bits per heavy atom. The molecule has 0 fully saturated rings. The van der Waals surface area contributed by atoms with E-state index in [4.69, 9.17) is 4.42 Å². The van der Waals surface area contributed by atoms with Crippen LogP contribution in [0.4, 0.5) is 17.1 Å². The predicted octanol–water partition coefficient (Wildman–Crippen LogP) is 11.9. The number of anilines is 3. The van der Waals surface area contributed by atoms with E-state index >= 15 is 0 Å². The number of hydrogen-bond donors (Lipinski definition) is 0. The molecule has 0 aliphatic rings. The fraction of sp³-hybridized carbons (Fsp3) is 0. The molecule has 3 heteroatoms. The fourth-order valence-electron chi connectivity index (χ4n) is 9.21. The molecule has 0 bridgehead atoms. The fourth-order valence-corrected chi connectivity index (χ4v) is 14.0. The minimum atomic E-state index is -2.71. The van der Waals surface area contributed by atoms with Crippen LogP contribution in [0.15, 0.2) is 229 Å². The Bertz CT molecular complexity index is 3130. The van der Waals surface area contributed by atoms with Crippen molar-refractivity contribution in [2.45, 2.75) is 0 Å². The van der Waals surface area contributed by atoms with Gasteiger partial charge in [0, 0.05) is 22.1 Å². The van der Waals surface area contributed by atoms with Crippen LogP contribution in [0.5, 0.6) is 0 Å². The van der Waals surface area contributed by atoms with Gasteiger partial charge in [0.1, 0.15) is 11.2 Å². The van der Waals surface area contributed by atoms with Crippen molar-refractivity contribution in [2.75, 3.05) is 4.90 Å². The summed E-state index contributed by atoms with van der Waals surface area (Å²) < 4.78 is 6.74. The van der Waals surface area contributed by atoms with E-state index in [9.17, 15) is 0 Å². The van der Waals surface area contributed by atoms with Crippen LogP contribution in [0.2, 0.25) is 0 Å². The number of benzene rings is 10. The maximum Gasteiger partial charge on any atom is 0.179 e. The van der Waals surface area contributed by atoms with Crippen molar-refractivity contribution in [3.05, 3.63) is 224 Å².